The first-order chi connectivity index (χ1) is 14.2. The maximum Gasteiger partial charge on any atom is 0.261 e. The third-order valence-corrected chi connectivity index (χ3v) is 6.33. The predicted octanol–water partition coefficient (Wildman–Crippen LogP) is 5.02. The Kier molecular flexibility index (Phi) is 6.34. The van der Waals surface area contributed by atoms with Crippen LogP contribution in [0.15, 0.2) is 65.6 Å². The van der Waals surface area contributed by atoms with Gasteiger partial charge < -0.3 is 10.1 Å². The minimum atomic E-state index is -3.83. The summed E-state index contributed by atoms with van der Waals surface area (Å²) in [5, 5.41) is 3.31. The van der Waals surface area contributed by atoms with Crippen molar-refractivity contribution in [2.75, 3.05) is 17.1 Å². The average molecular weight is 445 g/mol. The molecule has 0 aliphatic rings. The summed E-state index contributed by atoms with van der Waals surface area (Å²) in [6, 6.07) is 16.1. The summed E-state index contributed by atoms with van der Waals surface area (Å²) in [5.41, 5.74) is 2.77. The van der Waals surface area contributed by atoms with Crippen molar-refractivity contribution in [3.05, 3.63) is 82.4 Å². The molecule has 8 heteroatoms. The zero-order valence-corrected chi connectivity index (χ0v) is 18.3. The van der Waals surface area contributed by atoms with Crippen molar-refractivity contribution in [2.45, 2.75) is 18.7 Å². The minimum Gasteiger partial charge on any atom is -0.497 e. The van der Waals surface area contributed by atoms with E-state index in [1.807, 2.05) is 13.0 Å². The Morgan fingerprint density at radius 1 is 0.933 bits per heavy atom. The lowest BCUT2D eigenvalue weighted by molar-refractivity contribution is 0.102. The lowest BCUT2D eigenvalue weighted by Gasteiger charge is -2.13. The molecule has 0 fully saturated rings. The van der Waals surface area contributed by atoms with Gasteiger partial charge in [0, 0.05) is 16.3 Å². The lowest BCUT2D eigenvalue weighted by Crippen LogP contribution is -2.16. The van der Waals surface area contributed by atoms with E-state index in [0.29, 0.717) is 33.3 Å². The van der Waals surface area contributed by atoms with Gasteiger partial charge in [-0.1, -0.05) is 23.7 Å². The topological polar surface area (TPSA) is 84.5 Å². The zero-order valence-electron chi connectivity index (χ0n) is 16.7. The van der Waals surface area contributed by atoms with E-state index in [9.17, 15) is 13.2 Å². The number of hydrogen-bond acceptors (Lipinski definition) is 4. The second-order valence-electron chi connectivity index (χ2n) is 6.73. The number of halogens is 1. The Labute approximate surface area is 180 Å². The molecular weight excluding hydrogens is 424 g/mol. The third kappa shape index (κ3) is 4.93. The van der Waals surface area contributed by atoms with Crippen LogP contribution in [0.2, 0.25) is 5.02 Å². The maximum absolute atomic E-state index is 12.7. The monoisotopic (exact) mass is 444 g/mol. The second kappa shape index (κ2) is 8.77. The quantitative estimate of drug-likeness (QED) is 0.559. The molecule has 1 amide bonds. The number of sulfonamides is 1. The van der Waals surface area contributed by atoms with Crippen LogP contribution in [-0.4, -0.2) is 21.4 Å². The number of nitrogens with one attached hydrogen (secondary N) is 2. The molecule has 0 atom stereocenters. The van der Waals surface area contributed by atoms with E-state index in [-0.39, 0.29) is 10.8 Å². The SMILES string of the molecule is COc1ccc(S(=O)(=O)Nc2cc(C(=O)Nc3ccc(C)c(Cl)c3)ccc2C)cc1. The number of anilines is 2. The molecule has 3 aromatic rings. The predicted molar refractivity (Wildman–Crippen MR) is 119 cm³/mol. The summed E-state index contributed by atoms with van der Waals surface area (Å²) < 4.78 is 33.1. The fourth-order valence-corrected chi connectivity index (χ4v) is 4.01. The molecular formula is C22H21ClN2O4S. The van der Waals surface area contributed by atoms with Gasteiger partial charge in [-0.25, -0.2) is 8.42 Å². The van der Waals surface area contributed by atoms with Gasteiger partial charge in [0.2, 0.25) is 0 Å². The summed E-state index contributed by atoms with van der Waals surface area (Å²) in [6.45, 7) is 3.63. The molecule has 6 nitrogen and oxygen atoms in total. The van der Waals surface area contributed by atoms with Gasteiger partial charge in [0.15, 0.2) is 0 Å². The van der Waals surface area contributed by atoms with Gasteiger partial charge in [-0.2, -0.15) is 0 Å². The summed E-state index contributed by atoms with van der Waals surface area (Å²) in [5.74, 6) is 0.180. The van der Waals surface area contributed by atoms with Crippen molar-refractivity contribution < 1.29 is 17.9 Å². The average Bonchev–Trinajstić information content (AvgIpc) is 2.72. The van der Waals surface area contributed by atoms with Crippen LogP contribution in [0.25, 0.3) is 0 Å². The van der Waals surface area contributed by atoms with Crippen LogP contribution in [0.4, 0.5) is 11.4 Å². The Morgan fingerprint density at radius 3 is 2.23 bits per heavy atom. The molecule has 0 aliphatic heterocycles. The Bertz CT molecular complexity index is 1190. The first kappa shape index (κ1) is 21.7. The number of carbonyl (C=O) groups excluding carboxylic acids is 1. The summed E-state index contributed by atoms with van der Waals surface area (Å²) in [6.07, 6.45) is 0. The van der Waals surface area contributed by atoms with Gasteiger partial charge in [0.1, 0.15) is 5.75 Å². The second-order valence-corrected chi connectivity index (χ2v) is 8.82. The number of carbonyl (C=O) groups is 1. The fraction of sp³-hybridized carbons (Fsp3) is 0.136. The Balaban J connectivity index is 1.83. The molecule has 0 saturated heterocycles. The molecule has 0 radical (unpaired) electrons. The zero-order chi connectivity index (χ0) is 21.9. The third-order valence-electron chi connectivity index (χ3n) is 4.54. The van der Waals surface area contributed by atoms with Crippen LogP contribution in [0.5, 0.6) is 5.75 Å². The Morgan fingerprint density at radius 2 is 1.60 bits per heavy atom. The van der Waals surface area contributed by atoms with Gasteiger partial charge >= 0.3 is 0 Å². The highest BCUT2D eigenvalue weighted by Gasteiger charge is 2.17. The molecule has 3 aromatic carbocycles. The van der Waals surface area contributed by atoms with Crippen LogP contribution in [0.3, 0.4) is 0 Å². The van der Waals surface area contributed by atoms with E-state index < -0.39 is 10.0 Å². The molecule has 0 saturated carbocycles. The van der Waals surface area contributed by atoms with Crippen molar-refractivity contribution in [2.24, 2.45) is 0 Å². The van der Waals surface area contributed by atoms with Crippen LogP contribution >= 0.6 is 11.6 Å². The van der Waals surface area contributed by atoms with Gasteiger partial charge in [-0.05, 0) is 73.5 Å². The smallest absolute Gasteiger partial charge is 0.261 e. The molecule has 156 valence electrons. The van der Waals surface area contributed by atoms with E-state index in [0.717, 1.165) is 5.56 Å². The van der Waals surface area contributed by atoms with Crippen molar-refractivity contribution in [1.82, 2.24) is 0 Å². The molecule has 0 bridgehead atoms. The van der Waals surface area contributed by atoms with Crippen LogP contribution in [0.1, 0.15) is 21.5 Å². The minimum absolute atomic E-state index is 0.0897. The highest BCUT2D eigenvalue weighted by atomic mass is 35.5. The highest BCUT2D eigenvalue weighted by molar-refractivity contribution is 7.92. The molecule has 0 spiro atoms. The van der Waals surface area contributed by atoms with E-state index in [2.05, 4.69) is 10.0 Å². The van der Waals surface area contributed by atoms with Gasteiger partial charge in [-0.15, -0.1) is 0 Å². The summed E-state index contributed by atoms with van der Waals surface area (Å²) in [4.78, 5) is 12.7. The maximum atomic E-state index is 12.7. The number of hydrogen-bond donors (Lipinski definition) is 2. The van der Waals surface area contributed by atoms with E-state index >= 15 is 0 Å². The fourth-order valence-electron chi connectivity index (χ4n) is 2.71. The molecule has 0 unspecified atom stereocenters. The Hall–Kier alpha value is -3.03. The van der Waals surface area contributed by atoms with Crippen LogP contribution in [0, 0.1) is 13.8 Å². The first-order valence-corrected chi connectivity index (χ1v) is 10.9. The number of methoxy groups -OCH3 is 1. The van der Waals surface area contributed by atoms with Gasteiger partial charge in [0.05, 0.1) is 17.7 Å². The van der Waals surface area contributed by atoms with Crippen molar-refractivity contribution in [1.29, 1.82) is 0 Å². The van der Waals surface area contributed by atoms with Crippen LogP contribution < -0.4 is 14.8 Å². The largest absolute Gasteiger partial charge is 0.497 e. The first-order valence-electron chi connectivity index (χ1n) is 9.04. The summed E-state index contributed by atoms with van der Waals surface area (Å²) in [7, 11) is -2.32. The normalized spacial score (nSPS) is 11.1. The van der Waals surface area contributed by atoms with Crippen molar-refractivity contribution in [3.8, 4) is 5.75 Å². The van der Waals surface area contributed by atoms with Gasteiger partial charge in [-0.3, -0.25) is 9.52 Å². The lowest BCUT2D eigenvalue weighted by atomic mass is 10.1. The van der Waals surface area contributed by atoms with Gasteiger partial charge in [0.25, 0.3) is 15.9 Å². The highest BCUT2D eigenvalue weighted by Crippen LogP contribution is 2.24. The van der Waals surface area contributed by atoms with E-state index in [4.69, 9.17) is 16.3 Å². The molecule has 2 N–H and O–H groups in total. The van der Waals surface area contributed by atoms with E-state index in [1.165, 1.54) is 25.3 Å². The number of amides is 1. The van der Waals surface area contributed by atoms with E-state index in [1.54, 1.807) is 43.3 Å². The number of aryl methyl sites for hydroxylation is 2. The number of benzene rings is 3. The van der Waals surface area contributed by atoms with Crippen molar-refractivity contribution >= 4 is 38.9 Å². The number of rotatable bonds is 6. The molecule has 0 aromatic heterocycles. The number of ether oxygens (including phenoxy) is 1. The van der Waals surface area contributed by atoms with Crippen LogP contribution in [-0.2, 0) is 10.0 Å². The molecule has 30 heavy (non-hydrogen) atoms. The van der Waals surface area contributed by atoms with Crippen molar-refractivity contribution in [3.63, 3.8) is 0 Å². The molecule has 3 rings (SSSR count). The molecule has 0 aliphatic carbocycles. The standard InChI is InChI=1S/C22H21ClN2O4S/c1-14-5-7-17(13-20(14)23)24-22(26)16-6-4-15(2)21(12-16)25-30(27,28)19-10-8-18(29-3)9-11-19/h4-13,25H,1-3H3,(H,24,26). The molecule has 0 heterocycles. The summed E-state index contributed by atoms with van der Waals surface area (Å²) >= 11 is 6.10.